The summed E-state index contributed by atoms with van der Waals surface area (Å²) in [5.41, 5.74) is 4.15. The average Bonchev–Trinajstić information content (AvgIpc) is 3.45. The highest BCUT2D eigenvalue weighted by Crippen LogP contribution is 2.32. The Morgan fingerprint density at radius 1 is 1.00 bits per heavy atom. The molecule has 0 fully saturated rings. The summed E-state index contributed by atoms with van der Waals surface area (Å²) in [5.74, 6) is 1.10. The first-order chi connectivity index (χ1) is 16.2. The molecule has 2 heterocycles. The normalized spacial score (nSPS) is 11.5. The number of nitrogens with one attached hydrogen (secondary N) is 1. The summed E-state index contributed by atoms with van der Waals surface area (Å²) in [4.78, 5) is 19.9. The van der Waals surface area contributed by atoms with E-state index < -0.39 is 0 Å². The third kappa shape index (κ3) is 4.73. The van der Waals surface area contributed by atoms with Crippen molar-refractivity contribution in [1.29, 1.82) is 0 Å². The molecule has 1 N–H and O–H groups in total. The molecule has 4 aromatic rings. The summed E-state index contributed by atoms with van der Waals surface area (Å²) in [7, 11) is 3.97. The van der Waals surface area contributed by atoms with E-state index >= 15 is 0 Å². The van der Waals surface area contributed by atoms with E-state index in [4.69, 9.17) is 4.42 Å². The van der Waals surface area contributed by atoms with E-state index in [-0.39, 0.29) is 17.0 Å². The van der Waals surface area contributed by atoms with Crippen molar-refractivity contribution < 1.29 is 9.21 Å². The Morgan fingerprint density at radius 3 is 2.24 bits per heavy atom. The first kappa shape index (κ1) is 23.3. The number of benzene rings is 2. The molecule has 7 heteroatoms. The lowest BCUT2D eigenvalue weighted by Crippen LogP contribution is -2.16. The molecule has 0 bridgehead atoms. The van der Waals surface area contributed by atoms with Gasteiger partial charge in [0.2, 0.25) is 5.89 Å². The number of amides is 1. The number of rotatable bonds is 6. The number of oxazole rings is 1. The van der Waals surface area contributed by atoms with Gasteiger partial charge < -0.3 is 14.6 Å². The fourth-order valence-electron chi connectivity index (χ4n) is 3.68. The van der Waals surface area contributed by atoms with Crippen molar-refractivity contribution in [3.63, 3.8) is 0 Å². The molecule has 7 nitrogen and oxygen atoms in total. The Kier molecular flexibility index (Phi) is 6.28. The third-order valence-electron chi connectivity index (χ3n) is 5.74. The molecule has 2 aromatic carbocycles. The Labute approximate surface area is 200 Å². The fraction of sp³-hybridized carbons (Fsp3) is 0.296. The highest BCUT2D eigenvalue weighted by atomic mass is 16.4. The van der Waals surface area contributed by atoms with Crippen LogP contribution in [0.3, 0.4) is 0 Å². The summed E-state index contributed by atoms with van der Waals surface area (Å²) in [6.07, 6.45) is 1.66. The van der Waals surface area contributed by atoms with Crippen molar-refractivity contribution in [1.82, 2.24) is 14.8 Å². The second-order valence-corrected chi connectivity index (χ2v) is 9.45. The molecule has 0 aliphatic heterocycles. The molecule has 2 aromatic heterocycles. The smallest absolute Gasteiger partial charge is 0.279 e. The largest absolute Gasteiger partial charge is 0.435 e. The minimum Gasteiger partial charge on any atom is -0.435 e. The number of hydrogen-bond donors (Lipinski definition) is 1. The molecule has 0 unspecified atom stereocenters. The van der Waals surface area contributed by atoms with Crippen LogP contribution < -0.4 is 10.2 Å². The second kappa shape index (κ2) is 9.17. The summed E-state index contributed by atoms with van der Waals surface area (Å²) in [6, 6.07) is 17.7. The van der Waals surface area contributed by atoms with E-state index in [2.05, 4.69) is 48.3 Å². The van der Waals surface area contributed by atoms with Gasteiger partial charge in [-0.15, -0.1) is 0 Å². The van der Waals surface area contributed by atoms with Crippen LogP contribution in [0.25, 0.3) is 22.8 Å². The molecule has 4 rings (SSSR count). The molecule has 0 radical (unpaired) electrons. The third-order valence-corrected chi connectivity index (χ3v) is 5.74. The second-order valence-electron chi connectivity index (χ2n) is 9.45. The van der Waals surface area contributed by atoms with Gasteiger partial charge in [0.1, 0.15) is 5.82 Å². The molecule has 0 spiro atoms. The first-order valence-electron chi connectivity index (χ1n) is 11.4. The molecular weight excluding hydrogens is 426 g/mol. The summed E-state index contributed by atoms with van der Waals surface area (Å²) < 4.78 is 7.92. The highest BCUT2D eigenvalue weighted by Gasteiger charge is 2.24. The number of carbonyl (C=O) groups excluding carboxylic acids is 1. The molecule has 176 valence electrons. The zero-order valence-corrected chi connectivity index (χ0v) is 20.6. The van der Waals surface area contributed by atoms with Crippen LogP contribution in [0.4, 0.5) is 11.5 Å². The average molecular weight is 458 g/mol. The van der Waals surface area contributed by atoms with Gasteiger partial charge in [0.15, 0.2) is 11.5 Å². The Hall–Kier alpha value is -3.87. The minimum absolute atomic E-state index is 0.0434. The first-order valence-corrected chi connectivity index (χ1v) is 11.4. The Bertz CT molecular complexity index is 1280. The minimum atomic E-state index is -0.344. The van der Waals surface area contributed by atoms with E-state index in [1.54, 1.807) is 16.9 Å². The van der Waals surface area contributed by atoms with Crippen LogP contribution in [0, 0.1) is 0 Å². The molecule has 0 aliphatic carbocycles. The standard InChI is InChI=1S/C27H31N5O2/c1-7-32-22(16-17-28-32)29-25(33)23-24(18-10-14-21(15-11-18)31(5)6)34-26(30-23)19-8-12-20(13-9-19)27(2,3)4/h8-17H,7H2,1-6H3,(H,29,33). The van der Waals surface area contributed by atoms with Gasteiger partial charge in [-0.2, -0.15) is 5.10 Å². The lowest BCUT2D eigenvalue weighted by atomic mass is 9.87. The van der Waals surface area contributed by atoms with E-state index in [0.717, 1.165) is 16.8 Å². The number of aromatic nitrogens is 3. The molecule has 0 saturated carbocycles. The van der Waals surface area contributed by atoms with E-state index in [1.807, 2.05) is 62.3 Å². The molecule has 1 amide bonds. The predicted octanol–water partition coefficient (Wildman–Crippen LogP) is 5.84. The lowest BCUT2D eigenvalue weighted by molar-refractivity contribution is 0.102. The van der Waals surface area contributed by atoms with Crippen LogP contribution in [-0.4, -0.2) is 34.8 Å². The number of carbonyl (C=O) groups is 1. The van der Waals surface area contributed by atoms with Gasteiger partial charge in [-0.1, -0.05) is 32.9 Å². The SMILES string of the molecule is CCn1nccc1NC(=O)c1nc(-c2ccc(C(C)(C)C)cc2)oc1-c1ccc(N(C)C)cc1. The van der Waals surface area contributed by atoms with E-state index in [0.29, 0.717) is 24.0 Å². The Balaban J connectivity index is 1.75. The van der Waals surface area contributed by atoms with E-state index in [9.17, 15) is 4.79 Å². The van der Waals surface area contributed by atoms with Crippen molar-refractivity contribution in [2.75, 3.05) is 24.3 Å². The van der Waals surface area contributed by atoms with Crippen molar-refractivity contribution in [2.24, 2.45) is 0 Å². The maximum absolute atomic E-state index is 13.3. The summed E-state index contributed by atoms with van der Waals surface area (Å²) >= 11 is 0. The molecule has 34 heavy (non-hydrogen) atoms. The zero-order valence-electron chi connectivity index (χ0n) is 20.6. The van der Waals surface area contributed by atoms with E-state index in [1.165, 1.54) is 5.56 Å². The van der Waals surface area contributed by atoms with Crippen molar-refractivity contribution in [2.45, 2.75) is 39.7 Å². The van der Waals surface area contributed by atoms with Gasteiger partial charge in [0, 0.05) is 43.5 Å². The summed E-state index contributed by atoms with van der Waals surface area (Å²) in [5, 5.41) is 7.14. The van der Waals surface area contributed by atoms with Gasteiger partial charge in [-0.3, -0.25) is 4.79 Å². The summed E-state index contributed by atoms with van der Waals surface area (Å²) in [6.45, 7) is 9.13. The van der Waals surface area contributed by atoms with Gasteiger partial charge >= 0.3 is 0 Å². The van der Waals surface area contributed by atoms with Crippen molar-refractivity contribution >= 4 is 17.4 Å². The maximum atomic E-state index is 13.3. The quantitative estimate of drug-likeness (QED) is 0.394. The van der Waals surface area contributed by atoms with Crippen LogP contribution in [0.5, 0.6) is 0 Å². The predicted molar refractivity (Wildman–Crippen MR) is 136 cm³/mol. The van der Waals surface area contributed by atoms with Gasteiger partial charge in [-0.05, 0) is 54.3 Å². The molecule has 0 aliphatic rings. The maximum Gasteiger partial charge on any atom is 0.279 e. The molecule has 0 atom stereocenters. The van der Waals surface area contributed by atoms with Crippen LogP contribution in [0.2, 0.25) is 0 Å². The van der Waals surface area contributed by atoms with Crippen LogP contribution in [0.15, 0.2) is 65.2 Å². The van der Waals surface area contributed by atoms with Crippen LogP contribution in [-0.2, 0) is 12.0 Å². The Morgan fingerprint density at radius 2 is 1.65 bits per heavy atom. The monoisotopic (exact) mass is 457 g/mol. The van der Waals surface area contributed by atoms with Crippen molar-refractivity contribution in [3.05, 3.63) is 72.1 Å². The van der Waals surface area contributed by atoms with Crippen LogP contribution in [0.1, 0.15) is 43.7 Å². The zero-order chi connectivity index (χ0) is 24.5. The number of nitrogens with zero attached hydrogens (tertiary/aromatic N) is 4. The molecule has 0 saturated heterocycles. The highest BCUT2D eigenvalue weighted by molar-refractivity contribution is 6.06. The van der Waals surface area contributed by atoms with Crippen molar-refractivity contribution in [3.8, 4) is 22.8 Å². The number of aryl methyl sites for hydroxylation is 1. The van der Waals surface area contributed by atoms with Gasteiger partial charge in [0.25, 0.3) is 5.91 Å². The van der Waals surface area contributed by atoms with Gasteiger partial charge in [0.05, 0.1) is 6.20 Å². The molecular formula is C27H31N5O2. The lowest BCUT2D eigenvalue weighted by Gasteiger charge is -2.18. The van der Waals surface area contributed by atoms with Gasteiger partial charge in [-0.25, -0.2) is 9.67 Å². The fourth-order valence-corrected chi connectivity index (χ4v) is 3.68. The topological polar surface area (TPSA) is 76.2 Å². The number of anilines is 2. The van der Waals surface area contributed by atoms with Crippen LogP contribution >= 0.6 is 0 Å². The number of hydrogen-bond acceptors (Lipinski definition) is 5.